The van der Waals surface area contributed by atoms with Crippen molar-refractivity contribution in [3.8, 4) is 5.75 Å². The van der Waals surface area contributed by atoms with Gasteiger partial charge >= 0.3 is 0 Å². The largest absolute Gasteiger partial charge is 0.495 e. The third kappa shape index (κ3) is 4.94. The van der Waals surface area contributed by atoms with E-state index in [-0.39, 0.29) is 16.5 Å². The molecule has 9 heteroatoms. The number of hydrogen-bond donors (Lipinski definition) is 1. The minimum absolute atomic E-state index is 0.0164. The molecule has 0 heterocycles. The van der Waals surface area contributed by atoms with Gasteiger partial charge in [0.25, 0.3) is 0 Å². The zero-order valence-electron chi connectivity index (χ0n) is 13.5. The summed E-state index contributed by atoms with van der Waals surface area (Å²) in [6.07, 6.45) is 0. The lowest BCUT2D eigenvalue weighted by Gasteiger charge is -2.17. The maximum absolute atomic E-state index is 12.6. The van der Waals surface area contributed by atoms with Gasteiger partial charge in [-0.1, -0.05) is 27.5 Å². The monoisotopic (exact) mass is 446 g/mol. The smallest absolute Gasteiger partial charge is 0.243 e. The van der Waals surface area contributed by atoms with E-state index in [1.165, 1.54) is 32.4 Å². The Kier molecular flexibility index (Phi) is 6.45. The molecule has 134 valence electrons. The first-order chi connectivity index (χ1) is 11.7. The van der Waals surface area contributed by atoms with Gasteiger partial charge in [-0.2, -0.15) is 4.31 Å². The Hall–Kier alpha value is -1.61. The zero-order chi connectivity index (χ0) is 18.6. The first-order valence-electron chi connectivity index (χ1n) is 7.09. The molecule has 0 radical (unpaired) electrons. The molecule has 2 aromatic carbocycles. The summed E-state index contributed by atoms with van der Waals surface area (Å²) in [6.45, 7) is -0.331. The molecule has 0 aliphatic heterocycles. The molecule has 1 N–H and O–H groups in total. The second-order valence-corrected chi connectivity index (χ2v) is 8.48. The highest BCUT2D eigenvalue weighted by molar-refractivity contribution is 9.10. The van der Waals surface area contributed by atoms with E-state index in [0.717, 1.165) is 8.78 Å². The molecule has 0 saturated heterocycles. The average molecular weight is 448 g/mol. The number of rotatable bonds is 6. The van der Waals surface area contributed by atoms with Crippen molar-refractivity contribution < 1.29 is 17.9 Å². The quantitative estimate of drug-likeness (QED) is 0.737. The van der Waals surface area contributed by atoms with Gasteiger partial charge in [-0.25, -0.2) is 8.42 Å². The molecular formula is C16H16BrClN2O4S. The summed E-state index contributed by atoms with van der Waals surface area (Å²) in [7, 11) is -1.09. The summed E-state index contributed by atoms with van der Waals surface area (Å²) in [4.78, 5) is 12.1. The van der Waals surface area contributed by atoms with Crippen molar-refractivity contribution in [2.75, 3.05) is 26.0 Å². The van der Waals surface area contributed by atoms with Gasteiger partial charge in [0.05, 0.1) is 23.6 Å². The first kappa shape index (κ1) is 19.7. The van der Waals surface area contributed by atoms with Gasteiger partial charge in [-0.15, -0.1) is 0 Å². The molecule has 0 atom stereocenters. The standard InChI is InChI=1S/C16H16BrClN2O4S/c1-20(10-16(21)19-12-5-3-11(17)4-6-12)25(22,23)13-7-8-15(24-2)14(18)9-13/h3-9H,10H2,1-2H3,(H,19,21). The predicted octanol–water partition coefficient (Wildman–Crippen LogP) is 3.37. The van der Waals surface area contributed by atoms with Gasteiger partial charge in [0.1, 0.15) is 5.75 Å². The molecule has 0 fully saturated rings. The molecule has 2 rings (SSSR count). The van der Waals surface area contributed by atoms with E-state index in [1.807, 2.05) is 0 Å². The lowest BCUT2D eigenvalue weighted by molar-refractivity contribution is -0.116. The van der Waals surface area contributed by atoms with Crippen LogP contribution in [0.15, 0.2) is 51.8 Å². The maximum atomic E-state index is 12.6. The SMILES string of the molecule is COc1ccc(S(=O)(=O)N(C)CC(=O)Nc2ccc(Br)cc2)cc1Cl. The predicted molar refractivity (Wildman–Crippen MR) is 101 cm³/mol. The fourth-order valence-electron chi connectivity index (χ4n) is 2.01. The summed E-state index contributed by atoms with van der Waals surface area (Å²) in [5.41, 5.74) is 0.575. The molecule has 0 aromatic heterocycles. The number of halogens is 2. The number of methoxy groups -OCH3 is 1. The van der Waals surface area contributed by atoms with Crippen molar-refractivity contribution in [1.82, 2.24) is 4.31 Å². The van der Waals surface area contributed by atoms with Crippen LogP contribution in [0.5, 0.6) is 5.75 Å². The lowest BCUT2D eigenvalue weighted by atomic mass is 10.3. The number of hydrogen-bond acceptors (Lipinski definition) is 4. The molecule has 6 nitrogen and oxygen atoms in total. The van der Waals surface area contributed by atoms with Crippen LogP contribution in [-0.4, -0.2) is 39.3 Å². The Balaban J connectivity index is 2.10. The zero-order valence-corrected chi connectivity index (χ0v) is 16.7. The molecule has 0 spiro atoms. The van der Waals surface area contributed by atoms with Crippen molar-refractivity contribution in [3.05, 3.63) is 52.0 Å². The van der Waals surface area contributed by atoms with E-state index in [2.05, 4.69) is 21.2 Å². The summed E-state index contributed by atoms with van der Waals surface area (Å²) < 4.78 is 32.0. The Morgan fingerprint density at radius 1 is 1.24 bits per heavy atom. The summed E-state index contributed by atoms with van der Waals surface area (Å²) in [5.74, 6) is -0.0794. The first-order valence-corrected chi connectivity index (χ1v) is 9.70. The molecule has 2 aromatic rings. The van der Waals surface area contributed by atoms with Crippen molar-refractivity contribution in [2.24, 2.45) is 0 Å². The van der Waals surface area contributed by atoms with Crippen molar-refractivity contribution >= 4 is 49.1 Å². The van der Waals surface area contributed by atoms with Crippen molar-refractivity contribution in [1.29, 1.82) is 0 Å². The summed E-state index contributed by atoms with van der Waals surface area (Å²) in [6, 6.07) is 11.1. The van der Waals surface area contributed by atoms with Crippen LogP contribution in [0, 0.1) is 0 Å². The van der Waals surface area contributed by atoms with Crippen molar-refractivity contribution in [2.45, 2.75) is 4.90 Å². The third-order valence-corrected chi connectivity index (χ3v) is 5.95. The van der Waals surface area contributed by atoms with Gasteiger partial charge in [0, 0.05) is 17.2 Å². The second kappa shape index (κ2) is 8.18. The number of nitrogens with one attached hydrogen (secondary N) is 1. The van der Waals surface area contributed by atoms with Crippen LogP contribution in [0.4, 0.5) is 5.69 Å². The molecule has 0 unspecified atom stereocenters. The number of anilines is 1. The van der Waals surface area contributed by atoms with Gasteiger partial charge in [-0.3, -0.25) is 4.79 Å². The van der Waals surface area contributed by atoms with Crippen LogP contribution in [-0.2, 0) is 14.8 Å². The maximum Gasteiger partial charge on any atom is 0.243 e. The fourth-order valence-corrected chi connectivity index (χ4v) is 3.75. The van der Waals surface area contributed by atoms with Gasteiger partial charge < -0.3 is 10.1 Å². The van der Waals surface area contributed by atoms with Gasteiger partial charge in [0.2, 0.25) is 15.9 Å². The lowest BCUT2D eigenvalue weighted by Crippen LogP contribution is -2.34. The molecule has 0 bridgehead atoms. The van der Waals surface area contributed by atoms with Crippen LogP contribution >= 0.6 is 27.5 Å². The topological polar surface area (TPSA) is 75.7 Å². The molecule has 0 saturated carbocycles. The van der Waals surface area contributed by atoms with E-state index in [9.17, 15) is 13.2 Å². The van der Waals surface area contributed by atoms with Crippen LogP contribution < -0.4 is 10.1 Å². The highest BCUT2D eigenvalue weighted by Gasteiger charge is 2.24. The van der Waals surface area contributed by atoms with E-state index in [1.54, 1.807) is 24.3 Å². The molecule has 0 aliphatic carbocycles. The van der Waals surface area contributed by atoms with E-state index in [4.69, 9.17) is 16.3 Å². The molecule has 1 amide bonds. The van der Waals surface area contributed by atoms with E-state index < -0.39 is 15.9 Å². The number of carbonyl (C=O) groups excluding carboxylic acids is 1. The number of ether oxygens (including phenoxy) is 1. The summed E-state index contributed by atoms with van der Waals surface area (Å²) >= 11 is 9.27. The minimum atomic E-state index is -3.86. The Morgan fingerprint density at radius 2 is 1.88 bits per heavy atom. The Morgan fingerprint density at radius 3 is 2.44 bits per heavy atom. The number of likely N-dealkylation sites (N-methyl/N-ethyl adjacent to an activating group) is 1. The van der Waals surface area contributed by atoms with Crippen LogP contribution in [0.3, 0.4) is 0 Å². The van der Waals surface area contributed by atoms with E-state index in [0.29, 0.717) is 11.4 Å². The van der Waals surface area contributed by atoms with E-state index >= 15 is 0 Å². The van der Waals surface area contributed by atoms with Gasteiger partial charge in [-0.05, 0) is 42.5 Å². The average Bonchev–Trinajstić information content (AvgIpc) is 2.56. The fraction of sp³-hybridized carbons (Fsp3) is 0.188. The normalized spacial score (nSPS) is 11.4. The Bertz CT molecular complexity index is 872. The second-order valence-electron chi connectivity index (χ2n) is 5.11. The number of carbonyl (C=O) groups is 1. The van der Waals surface area contributed by atoms with Crippen LogP contribution in [0.25, 0.3) is 0 Å². The number of sulfonamides is 1. The van der Waals surface area contributed by atoms with Gasteiger partial charge in [0.15, 0.2) is 0 Å². The highest BCUT2D eigenvalue weighted by atomic mass is 79.9. The van der Waals surface area contributed by atoms with Crippen molar-refractivity contribution in [3.63, 3.8) is 0 Å². The Labute approximate surface area is 159 Å². The van der Waals surface area contributed by atoms with Crippen LogP contribution in [0.1, 0.15) is 0 Å². The number of benzene rings is 2. The van der Waals surface area contributed by atoms with Crippen LogP contribution in [0.2, 0.25) is 5.02 Å². The molecule has 0 aliphatic rings. The number of amides is 1. The highest BCUT2D eigenvalue weighted by Crippen LogP contribution is 2.28. The molecule has 25 heavy (non-hydrogen) atoms. The minimum Gasteiger partial charge on any atom is -0.495 e. The summed E-state index contributed by atoms with van der Waals surface area (Å²) in [5, 5.41) is 2.82. The third-order valence-electron chi connectivity index (χ3n) is 3.33. The molecular weight excluding hydrogens is 432 g/mol. The number of nitrogens with zero attached hydrogens (tertiary/aromatic N) is 1.